The van der Waals surface area contributed by atoms with Gasteiger partial charge >= 0.3 is 5.69 Å². The largest absolute Gasteiger partial charge is 0.500 e. The van der Waals surface area contributed by atoms with Gasteiger partial charge in [0.15, 0.2) is 12.4 Å². The van der Waals surface area contributed by atoms with Crippen molar-refractivity contribution in [2.45, 2.75) is 26.7 Å². The highest BCUT2D eigenvalue weighted by molar-refractivity contribution is 5.85. The van der Waals surface area contributed by atoms with Gasteiger partial charge in [0.2, 0.25) is 5.75 Å². The second-order valence-corrected chi connectivity index (χ2v) is 6.63. The van der Waals surface area contributed by atoms with E-state index in [0.29, 0.717) is 5.75 Å². The van der Waals surface area contributed by atoms with Crippen LogP contribution >= 0.6 is 0 Å². The lowest BCUT2D eigenvalue weighted by molar-refractivity contribution is -0.386. The number of benzene rings is 2. The molecule has 0 saturated carbocycles. The lowest BCUT2D eigenvalue weighted by Gasteiger charge is -2.14. The topological polar surface area (TPSA) is 123 Å². The van der Waals surface area contributed by atoms with Crippen LogP contribution in [0.1, 0.15) is 36.5 Å². The van der Waals surface area contributed by atoms with Crippen LogP contribution < -0.4 is 14.9 Å². The Hall–Kier alpha value is -3.62. The molecule has 2 aromatic carbocycles. The van der Waals surface area contributed by atoms with E-state index in [1.54, 1.807) is 0 Å². The van der Waals surface area contributed by atoms with Crippen LogP contribution in [0.5, 0.6) is 17.2 Å². The molecule has 2 rings (SSSR count). The Kier molecular flexibility index (Phi) is 7.13. The number of carbonyl (C=O) groups excluding carboxylic acids is 1. The molecule has 0 heterocycles. The lowest BCUT2D eigenvalue weighted by Crippen LogP contribution is -2.25. The molecular formula is C20H23N3O6. The zero-order chi connectivity index (χ0) is 21.6. The van der Waals surface area contributed by atoms with E-state index in [9.17, 15) is 20.0 Å². The molecule has 0 fully saturated rings. The molecule has 1 amide bonds. The number of ether oxygens (including phenoxy) is 2. The molecule has 0 bridgehead atoms. The third-order valence-corrected chi connectivity index (χ3v) is 4.05. The third-order valence-electron chi connectivity index (χ3n) is 4.05. The van der Waals surface area contributed by atoms with Gasteiger partial charge in [0.05, 0.1) is 18.2 Å². The van der Waals surface area contributed by atoms with Crippen molar-refractivity contribution in [2.24, 2.45) is 5.10 Å². The molecule has 0 aliphatic rings. The Morgan fingerprint density at radius 3 is 2.66 bits per heavy atom. The first-order chi connectivity index (χ1) is 13.7. The molecule has 2 N–H and O–H groups in total. The predicted molar refractivity (Wildman–Crippen MR) is 108 cm³/mol. The number of hydrazone groups is 1. The van der Waals surface area contributed by atoms with Crippen molar-refractivity contribution < 1.29 is 24.3 Å². The van der Waals surface area contributed by atoms with E-state index in [2.05, 4.69) is 10.5 Å². The number of phenols is 1. The normalized spacial score (nSPS) is 10.9. The third kappa shape index (κ3) is 5.68. The summed E-state index contributed by atoms with van der Waals surface area (Å²) >= 11 is 0. The molecule has 0 saturated heterocycles. The molecule has 0 aliphatic carbocycles. The molecule has 0 atom stereocenters. The number of nitrogens with one attached hydrogen (secondary N) is 1. The van der Waals surface area contributed by atoms with Gasteiger partial charge in [-0.05, 0) is 36.1 Å². The number of hydrogen-bond donors (Lipinski definition) is 2. The fraction of sp³-hybridized carbons (Fsp3) is 0.300. The van der Waals surface area contributed by atoms with E-state index in [1.165, 1.54) is 19.4 Å². The number of amides is 1. The van der Waals surface area contributed by atoms with Crippen LogP contribution in [-0.4, -0.2) is 35.9 Å². The summed E-state index contributed by atoms with van der Waals surface area (Å²) in [5, 5.41) is 24.5. The number of nitrogens with zero attached hydrogens (tertiary/aromatic N) is 2. The Bertz CT molecular complexity index is 940. The zero-order valence-corrected chi connectivity index (χ0v) is 16.6. The van der Waals surface area contributed by atoms with Gasteiger partial charge < -0.3 is 14.6 Å². The number of nitro groups is 1. The number of rotatable bonds is 8. The molecule has 0 spiro atoms. The molecule has 0 unspecified atom stereocenters. The van der Waals surface area contributed by atoms with Crippen molar-refractivity contribution in [1.29, 1.82) is 0 Å². The predicted octanol–water partition coefficient (Wildman–Crippen LogP) is 3.27. The number of nitro benzene ring substituents is 1. The van der Waals surface area contributed by atoms with Gasteiger partial charge in [-0.1, -0.05) is 26.0 Å². The van der Waals surface area contributed by atoms with Crippen molar-refractivity contribution in [2.75, 3.05) is 13.7 Å². The highest BCUT2D eigenvalue weighted by Crippen LogP contribution is 2.36. The number of aryl methyl sites for hydroxylation is 1. The van der Waals surface area contributed by atoms with Gasteiger partial charge in [0, 0.05) is 11.6 Å². The SMILES string of the molecule is COc1cc(/C=N/NC(=O)COc2cc(C)ccc2C(C)C)cc([N+](=O)[O-])c1O. The van der Waals surface area contributed by atoms with Crippen LogP contribution in [0.15, 0.2) is 35.4 Å². The first-order valence-electron chi connectivity index (χ1n) is 8.83. The fourth-order valence-electron chi connectivity index (χ4n) is 2.58. The molecular weight excluding hydrogens is 378 g/mol. The van der Waals surface area contributed by atoms with E-state index < -0.39 is 22.3 Å². The van der Waals surface area contributed by atoms with E-state index >= 15 is 0 Å². The monoisotopic (exact) mass is 401 g/mol. The van der Waals surface area contributed by atoms with Crippen LogP contribution in [0, 0.1) is 17.0 Å². The lowest BCUT2D eigenvalue weighted by atomic mass is 10.0. The number of methoxy groups -OCH3 is 1. The molecule has 9 nitrogen and oxygen atoms in total. The quantitative estimate of drug-likeness (QED) is 0.397. The van der Waals surface area contributed by atoms with Gasteiger partial charge in [-0.3, -0.25) is 14.9 Å². The highest BCUT2D eigenvalue weighted by Gasteiger charge is 2.19. The fourth-order valence-corrected chi connectivity index (χ4v) is 2.58. The Labute approximate surface area is 168 Å². The van der Waals surface area contributed by atoms with Gasteiger partial charge in [-0.2, -0.15) is 5.10 Å². The first kappa shape index (κ1) is 21.7. The molecule has 0 radical (unpaired) electrons. The van der Waals surface area contributed by atoms with Crippen LogP contribution in [0.3, 0.4) is 0 Å². The van der Waals surface area contributed by atoms with Crippen molar-refractivity contribution >= 4 is 17.8 Å². The van der Waals surface area contributed by atoms with Crippen molar-refractivity contribution in [3.63, 3.8) is 0 Å². The van der Waals surface area contributed by atoms with Crippen LogP contribution in [0.25, 0.3) is 0 Å². The summed E-state index contributed by atoms with van der Waals surface area (Å²) in [5.41, 5.74) is 4.06. The smallest absolute Gasteiger partial charge is 0.315 e. The number of hydrogen-bond acceptors (Lipinski definition) is 7. The van der Waals surface area contributed by atoms with Gasteiger partial charge in [0.1, 0.15) is 5.75 Å². The molecule has 2 aromatic rings. The van der Waals surface area contributed by atoms with Gasteiger partial charge in [-0.25, -0.2) is 5.43 Å². The summed E-state index contributed by atoms with van der Waals surface area (Å²) < 4.78 is 10.5. The van der Waals surface area contributed by atoms with E-state index in [4.69, 9.17) is 9.47 Å². The van der Waals surface area contributed by atoms with Crippen LogP contribution in [0.2, 0.25) is 0 Å². The van der Waals surface area contributed by atoms with E-state index in [1.807, 2.05) is 39.0 Å². The minimum Gasteiger partial charge on any atom is -0.500 e. The number of carbonyl (C=O) groups is 1. The molecule has 0 aromatic heterocycles. The molecule has 29 heavy (non-hydrogen) atoms. The maximum atomic E-state index is 12.0. The van der Waals surface area contributed by atoms with Crippen LogP contribution in [-0.2, 0) is 4.79 Å². The summed E-state index contributed by atoms with van der Waals surface area (Å²) in [6, 6.07) is 8.30. The summed E-state index contributed by atoms with van der Waals surface area (Å²) in [5.74, 6) is -0.259. The maximum absolute atomic E-state index is 12.0. The number of phenolic OH excluding ortho intramolecular Hbond substituents is 1. The minimum atomic E-state index is -0.740. The van der Waals surface area contributed by atoms with Crippen molar-refractivity contribution in [3.8, 4) is 17.2 Å². The second-order valence-electron chi connectivity index (χ2n) is 6.63. The van der Waals surface area contributed by atoms with Crippen molar-refractivity contribution in [1.82, 2.24) is 5.43 Å². The standard InChI is InChI=1S/C20H23N3O6/c1-12(2)15-6-5-13(3)7-17(15)29-11-19(24)22-21-10-14-8-16(23(26)27)20(25)18(9-14)28-4/h5-10,12,25H,11H2,1-4H3,(H,22,24)/b21-10+. The molecule has 9 heteroatoms. The van der Waals surface area contributed by atoms with Crippen LogP contribution in [0.4, 0.5) is 5.69 Å². The second kappa shape index (κ2) is 9.54. The van der Waals surface area contributed by atoms with Crippen molar-refractivity contribution in [3.05, 3.63) is 57.1 Å². The Morgan fingerprint density at radius 1 is 1.31 bits per heavy atom. The zero-order valence-electron chi connectivity index (χ0n) is 16.6. The summed E-state index contributed by atoms with van der Waals surface area (Å²) in [7, 11) is 1.27. The van der Waals surface area contributed by atoms with E-state index in [0.717, 1.165) is 17.2 Å². The maximum Gasteiger partial charge on any atom is 0.315 e. The average molecular weight is 401 g/mol. The average Bonchev–Trinajstić information content (AvgIpc) is 2.66. The minimum absolute atomic E-state index is 0.0732. The highest BCUT2D eigenvalue weighted by atomic mass is 16.6. The summed E-state index contributed by atoms with van der Waals surface area (Å²) in [6.07, 6.45) is 1.21. The number of aromatic hydroxyl groups is 1. The molecule has 154 valence electrons. The Morgan fingerprint density at radius 2 is 2.03 bits per heavy atom. The Balaban J connectivity index is 2.03. The van der Waals surface area contributed by atoms with Gasteiger partial charge in [0.25, 0.3) is 5.91 Å². The molecule has 0 aliphatic heterocycles. The summed E-state index contributed by atoms with van der Waals surface area (Å²) in [4.78, 5) is 22.3. The first-order valence-corrected chi connectivity index (χ1v) is 8.83. The summed E-state index contributed by atoms with van der Waals surface area (Å²) in [6.45, 7) is 5.77. The van der Waals surface area contributed by atoms with E-state index in [-0.39, 0.29) is 23.8 Å². The van der Waals surface area contributed by atoms with Gasteiger partial charge in [-0.15, -0.1) is 0 Å².